The Balaban J connectivity index is 1.37. The highest BCUT2D eigenvalue weighted by molar-refractivity contribution is 7.09. The van der Waals surface area contributed by atoms with Gasteiger partial charge in [-0.3, -0.25) is 14.7 Å². The molecular weight excluding hydrogens is 461 g/mol. The number of rotatable bonds is 7. The molecule has 1 unspecified atom stereocenters. The van der Waals surface area contributed by atoms with Crippen molar-refractivity contribution in [3.8, 4) is 0 Å². The van der Waals surface area contributed by atoms with Crippen LogP contribution in [0.1, 0.15) is 36.6 Å². The normalized spacial score (nSPS) is 20.7. The molecule has 2 aliphatic carbocycles. The molecule has 4 rings (SSSR count). The van der Waals surface area contributed by atoms with E-state index in [1.807, 2.05) is 30.5 Å². The van der Waals surface area contributed by atoms with Crippen molar-refractivity contribution in [2.24, 2.45) is 0 Å². The van der Waals surface area contributed by atoms with E-state index in [-0.39, 0.29) is 29.2 Å². The van der Waals surface area contributed by atoms with Gasteiger partial charge in [0.05, 0.1) is 22.2 Å². The van der Waals surface area contributed by atoms with Crippen molar-refractivity contribution in [2.45, 2.75) is 37.8 Å². The van der Waals surface area contributed by atoms with E-state index in [0.29, 0.717) is 6.54 Å². The number of ether oxygens (including phenoxy) is 1. The van der Waals surface area contributed by atoms with Crippen molar-refractivity contribution in [3.63, 3.8) is 0 Å². The number of hydrogen-bond acceptors (Lipinski definition) is 5. The topological polar surface area (TPSA) is 54.5 Å². The predicted octanol–water partition coefficient (Wildman–Crippen LogP) is 5.49. The first-order valence-electron chi connectivity index (χ1n) is 11.1. The van der Waals surface area contributed by atoms with Crippen molar-refractivity contribution in [1.29, 1.82) is 0 Å². The van der Waals surface area contributed by atoms with Gasteiger partial charge in [0.2, 0.25) is 0 Å². The number of amides is 1. The molecule has 8 heteroatoms. The minimum atomic E-state index is -0.521. The molecule has 3 aliphatic rings. The fourth-order valence-electron chi connectivity index (χ4n) is 4.11. The standard InChI is InChI=1S/C25H27ClFN3O2S/c26-20-9-5-6-10-21(27)24(20)25(31)29-15-22(23-16-28-17-33-23)30-13-11-19(12-14-30)32-18-7-3-1-2-4-8-18/h1-7,9,16-17,19,22H,8,10-15H2,(H,29,31). The molecule has 33 heavy (non-hydrogen) atoms. The summed E-state index contributed by atoms with van der Waals surface area (Å²) in [6.07, 6.45) is 19.7. The fraction of sp³-hybridized carbons (Fsp3) is 0.360. The highest BCUT2D eigenvalue weighted by Crippen LogP contribution is 2.30. The van der Waals surface area contributed by atoms with E-state index in [0.717, 1.165) is 43.0 Å². The molecule has 174 valence electrons. The third-order valence-corrected chi connectivity index (χ3v) is 7.04. The van der Waals surface area contributed by atoms with E-state index in [2.05, 4.69) is 21.3 Å². The Hall–Kier alpha value is -2.48. The Morgan fingerprint density at radius 3 is 2.82 bits per heavy atom. The molecule has 0 radical (unpaired) electrons. The fourth-order valence-corrected chi connectivity index (χ4v) is 5.13. The average Bonchev–Trinajstić information content (AvgIpc) is 3.14. The summed E-state index contributed by atoms with van der Waals surface area (Å²) < 4.78 is 20.6. The van der Waals surface area contributed by atoms with E-state index in [9.17, 15) is 9.18 Å². The maximum Gasteiger partial charge on any atom is 0.255 e. The third kappa shape index (κ3) is 6.31. The molecule has 0 saturated carbocycles. The van der Waals surface area contributed by atoms with Crippen molar-refractivity contribution in [3.05, 3.63) is 87.4 Å². The molecule has 1 amide bonds. The van der Waals surface area contributed by atoms with Gasteiger partial charge in [-0.05, 0) is 25.0 Å². The van der Waals surface area contributed by atoms with Gasteiger partial charge in [0.15, 0.2) is 0 Å². The van der Waals surface area contributed by atoms with E-state index < -0.39 is 11.7 Å². The summed E-state index contributed by atoms with van der Waals surface area (Å²) >= 11 is 7.71. The minimum absolute atomic E-state index is 0.0410. The van der Waals surface area contributed by atoms with Crippen LogP contribution in [0.5, 0.6) is 0 Å². The van der Waals surface area contributed by atoms with Crippen LogP contribution in [0.3, 0.4) is 0 Å². The number of halogens is 2. The van der Waals surface area contributed by atoms with Crippen LogP contribution in [0, 0.1) is 0 Å². The monoisotopic (exact) mass is 487 g/mol. The largest absolute Gasteiger partial charge is 0.494 e. The summed E-state index contributed by atoms with van der Waals surface area (Å²) in [6.45, 7) is 2.02. The minimum Gasteiger partial charge on any atom is -0.494 e. The van der Waals surface area contributed by atoms with Crippen molar-refractivity contribution in [1.82, 2.24) is 15.2 Å². The number of allylic oxidation sites excluding steroid dienone is 9. The quantitative estimate of drug-likeness (QED) is 0.552. The van der Waals surface area contributed by atoms with Gasteiger partial charge in [-0.2, -0.15) is 0 Å². The zero-order valence-corrected chi connectivity index (χ0v) is 19.8. The number of aromatic nitrogens is 1. The Morgan fingerprint density at radius 1 is 1.21 bits per heavy atom. The number of nitrogens with one attached hydrogen (secondary N) is 1. The summed E-state index contributed by atoms with van der Waals surface area (Å²) in [5.74, 6) is -0.0262. The number of likely N-dealkylation sites (tertiary alicyclic amines) is 1. The molecule has 0 bridgehead atoms. The Bertz CT molecular complexity index is 1020. The van der Waals surface area contributed by atoms with E-state index >= 15 is 0 Å². The van der Waals surface area contributed by atoms with Crippen LogP contribution >= 0.6 is 22.9 Å². The summed E-state index contributed by atoms with van der Waals surface area (Å²) in [6, 6.07) is -0.0410. The van der Waals surface area contributed by atoms with E-state index in [1.165, 1.54) is 0 Å². The smallest absolute Gasteiger partial charge is 0.255 e. The van der Waals surface area contributed by atoms with Gasteiger partial charge in [0.1, 0.15) is 17.7 Å². The Morgan fingerprint density at radius 2 is 2.03 bits per heavy atom. The highest BCUT2D eigenvalue weighted by atomic mass is 35.5. The summed E-state index contributed by atoms with van der Waals surface area (Å²) in [5.41, 5.74) is 1.70. The molecule has 0 aromatic carbocycles. The van der Waals surface area contributed by atoms with Crippen LogP contribution in [0.25, 0.3) is 0 Å². The van der Waals surface area contributed by atoms with Gasteiger partial charge in [-0.1, -0.05) is 48.1 Å². The van der Waals surface area contributed by atoms with E-state index in [1.54, 1.807) is 35.1 Å². The Kier molecular flexibility index (Phi) is 8.31. The average molecular weight is 488 g/mol. The lowest BCUT2D eigenvalue weighted by Crippen LogP contribution is -2.43. The number of nitrogens with zero attached hydrogens (tertiary/aromatic N) is 2. The highest BCUT2D eigenvalue weighted by Gasteiger charge is 2.29. The maximum absolute atomic E-state index is 14.4. The number of hydrogen-bond donors (Lipinski definition) is 1. The van der Waals surface area contributed by atoms with Gasteiger partial charge in [0.25, 0.3) is 5.91 Å². The molecule has 0 spiro atoms. The molecule has 1 aromatic rings. The van der Waals surface area contributed by atoms with Crippen LogP contribution in [-0.2, 0) is 9.53 Å². The molecule has 5 nitrogen and oxygen atoms in total. The second kappa shape index (κ2) is 11.6. The van der Waals surface area contributed by atoms with Gasteiger partial charge < -0.3 is 10.1 Å². The first-order chi connectivity index (χ1) is 16.1. The van der Waals surface area contributed by atoms with Crippen LogP contribution in [0.15, 0.2) is 82.5 Å². The Labute approximate surface area is 202 Å². The first-order valence-corrected chi connectivity index (χ1v) is 12.4. The van der Waals surface area contributed by atoms with Crippen LogP contribution in [-0.4, -0.2) is 41.5 Å². The number of thiazole rings is 1. The lowest BCUT2D eigenvalue weighted by molar-refractivity contribution is -0.117. The molecular formula is C25H27ClFN3O2S. The summed E-state index contributed by atoms with van der Waals surface area (Å²) in [7, 11) is 0. The van der Waals surface area contributed by atoms with Gasteiger partial charge in [0, 0.05) is 43.5 Å². The lowest BCUT2D eigenvalue weighted by atomic mass is 10.0. The lowest BCUT2D eigenvalue weighted by Gasteiger charge is -2.37. The van der Waals surface area contributed by atoms with Crippen LogP contribution in [0.4, 0.5) is 4.39 Å². The molecule has 2 heterocycles. The molecule has 1 atom stereocenters. The zero-order valence-electron chi connectivity index (χ0n) is 18.3. The second-order valence-electron chi connectivity index (χ2n) is 8.06. The van der Waals surface area contributed by atoms with Crippen molar-refractivity contribution < 1.29 is 13.9 Å². The van der Waals surface area contributed by atoms with Gasteiger partial charge in [-0.15, -0.1) is 11.3 Å². The number of piperidine rings is 1. The number of carbonyl (C=O) groups excluding carboxylic acids is 1. The zero-order chi connectivity index (χ0) is 23.0. The molecule has 1 saturated heterocycles. The van der Waals surface area contributed by atoms with E-state index in [4.69, 9.17) is 16.3 Å². The maximum atomic E-state index is 14.4. The molecule has 1 N–H and O–H groups in total. The summed E-state index contributed by atoms with van der Waals surface area (Å²) in [4.78, 5) is 20.4. The molecule has 1 fully saturated rings. The molecule has 1 aromatic heterocycles. The molecule has 1 aliphatic heterocycles. The van der Waals surface area contributed by atoms with Gasteiger partial charge >= 0.3 is 0 Å². The second-order valence-corrected chi connectivity index (χ2v) is 9.38. The van der Waals surface area contributed by atoms with Crippen LogP contribution < -0.4 is 5.32 Å². The van der Waals surface area contributed by atoms with Crippen molar-refractivity contribution >= 4 is 28.8 Å². The van der Waals surface area contributed by atoms with Crippen LogP contribution in [0.2, 0.25) is 0 Å². The third-order valence-electron chi connectivity index (χ3n) is 5.84. The summed E-state index contributed by atoms with van der Waals surface area (Å²) in [5, 5.41) is 3.02. The van der Waals surface area contributed by atoms with Gasteiger partial charge in [-0.25, -0.2) is 4.39 Å². The SMILES string of the molecule is O=C(NCC(c1cncs1)N1CCC(OC2=CC=CC=CC2)CC1)C1=C(F)CC=CC=C1Cl. The first kappa shape index (κ1) is 23.7. The predicted molar refractivity (Wildman–Crippen MR) is 130 cm³/mol. The van der Waals surface area contributed by atoms with Crippen molar-refractivity contribution in [2.75, 3.05) is 19.6 Å². The number of carbonyl (C=O) groups is 1.